The lowest BCUT2D eigenvalue weighted by atomic mass is 10.2. The molecule has 2 rings (SSSR count). The zero-order valence-electron chi connectivity index (χ0n) is 15.2. The number of halogens is 3. The van der Waals surface area contributed by atoms with Gasteiger partial charge in [-0.2, -0.15) is 8.78 Å². The summed E-state index contributed by atoms with van der Waals surface area (Å²) in [6.45, 7) is 0.500. The van der Waals surface area contributed by atoms with Crippen molar-refractivity contribution in [2.24, 2.45) is 4.99 Å². The van der Waals surface area contributed by atoms with E-state index in [0.29, 0.717) is 31.2 Å². The molecule has 0 atom stereocenters. The van der Waals surface area contributed by atoms with Gasteiger partial charge in [0.1, 0.15) is 11.5 Å². The van der Waals surface area contributed by atoms with Crippen LogP contribution in [0.5, 0.6) is 11.5 Å². The summed E-state index contributed by atoms with van der Waals surface area (Å²) in [5.41, 5.74) is 1.57. The van der Waals surface area contributed by atoms with Gasteiger partial charge in [-0.3, -0.25) is 0 Å². The number of hydrogen-bond acceptors (Lipinski definition) is 3. The molecule has 0 amide bonds. The van der Waals surface area contributed by atoms with Gasteiger partial charge in [0.25, 0.3) is 0 Å². The largest absolute Gasteiger partial charge is 0.496 e. The highest BCUT2D eigenvalue weighted by atomic mass is 127. The maximum Gasteiger partial charge on any atom is 0.387 e. The smallest absolute Gasteiger partial charge is 0.387 e. The quantitative estimate of drug-likeness (QED) is 0.331. The highest BCUT2D eigenvalue weighted by Gasteiger charge is 2.09. The van der Waals surface area contributed by atoms with Gasteiger partial charge in [0.2, 0.25) is 0 Å². The molecule has 0 saturated heterocycles. The molecule has 0 spiro atoms. The molecule has 0 saturated carbocycles. The molecule has 0 heterocycles. The van der Waals surface area contributed by atoms with E-state index in [2.05, 4.69) is 20.4 Å². The number of benzene rings is 2. The molecular formula is C19H24F2IN3O2. The summed E-state index contributed by atoms with van der Waals surface area (Å²) in [7, 11) is 1.62. The summed E-state index contributed by atoms with van der Waals surface area (Å²) in [4.78, 5) is 4.52. The molecule has 0 radical (unpaired) electrons. The Labute approximate surface area is 175 Å². The van der Waals surface area contributed by atoms with E-state index in [1.54, 1.807) is 25.3 Å². The second-order valence-corrected chi connectivity index (χ2v) is 5.35. The highest BCUT2D eigenvalue weighted by Crippen LogP contribution is 2.20. The number of nitrogens with zero attached hydrogens (tertiary/aromatic N) is 1. The van der Waals surface area contributed by atoms with E-state index in [0.717, 1.165) is 11.3 Å². The molecule has 148 valence electrons. The molecule has 2 aromatic rings. The number of hydrogen-bond donors (Lipinski definition) is 2. The Hall–Kier alpha value is -2.10. The van der Waals surface area contributed by atoms with Gasteiger partial charge < -0.3 is 20.1 Å². The molecular weight excluding hydrogens is 467 g/mol. The molecule has 2 aromatic carbocycles. The van der Waals surface area contributed by atoms with Crippen molar-refractivity contribution in [1.82, 2.24) is 10.6 Å². The first-order valence-electron chi connectivity index (χ1n) is 8.30. The molecule has 0 aliphatic heterocycles. The second-order valence-electron chi connectivity index (χ2n) is 5.35. The van der Waals surface area contributed by atoms with Crippen molar-refractivity contribution in [1.29, 1.82) is 0 Å². The van der Waals surface area contributed by atoms with E-state index in [1.165, 1.54) is 6.07 Å². The van der Waals surface area contributed by atoms with Crippen molar-refractivity contribution in [2.45, 2.75) is 26.6 Å². The molecule has 5 nitrogen and oxygen atoms in total. The van der Waals surface area contributed by atoms with Gasteiger partial charge in [-0.15, -0.1) is 24.0 Å². The van der Waals surface area contributed by atoms with Gasteiger partial charge in [0, 0.05) is 24.2 Å². The van der Waals surface area contributed by atoms with Crippen LogP contribution < -0.4 is 20.1 Å². The molecule has 0 unspecified atom stereocenters. The number of ether oxygens (including phenoxy) is 2. The predicted molar refractivity (Wildman–Crippen MR) is 113 cm³/mol. The number of para-hydroxylation sites is 2. The molecule has 2 N–H and O–H groups in total. The summed E-state index contributed by atoms with van der Waals surface area (Å²) in [6, 6.07) is 14.3. The highest BCUT2D eigenvalue weighted by molar-refractivity contribution is 14.0. The zero-order chi connectivity index (χ0) is 18.8. The number of methoxy groups -OCH3 is 1. The minimum atomic E-state index is -2.86. The fourth-order valence-electron chi connectivity index (χ4n) is 2.38. The summed E-state index contributed by atoms with van der Waals surface area (Å²) < 4.78 is 34.9. The van der Waals surface area contributed by atoms with E-state index in [1.807, 2.05) is 31.2 Å². The minimum absolute atomic E-state index is 0. The number of guanidine groups is 1. The first-order chi connectivity index (χ1) is 12.6. The van der Waals surface area contributed by atoms with E-state index < -0.39 is 6.61 Å². The Morgan fingerprint density at radius 1 is 1.00 bits per heavy atom. The summed E-state index contributed by atoms with van der Waals surface area (Å²) in [5.74, 6) is 1.49. The van der Waals surface area contributed by atoms with Gasteiger partial charge in [0.05, 0.1) is 13.7 Å². The van der Waals surface area contributed by atoms with Gasteiger partial charge >= 0.3 is 6.61 Å². The van der Waals surface area contributed by atoms with Crippen LogP contribution in [0.2, 0.25) is 0 Å². The lowest BCUT2D eigenvalue weighted by Gasteiger charge is -2.14. The predicted octanol–water partition coefficient (Wildman–Crippen LogP) is 4.17. The van der Waals surface area contributed by atoms with Crippen molar-refractivity contribution < 1.29 is 18.3 Å². The lowest BCUT2D eigenvalue weighted by Crippen LogP contribution is -2.36. The van der Waals surface area contributed by atoms with E-state index >= 15 is 0 Å². The number of rotatable bonds is 8. The Bertz CT molecular complexity index is 730. The standard InChI is InChI=1S/C19H23F2N3O2.HI/c1-3-22-19(23-12-14-8-4-6-10-16(14)25-2)24-13-15-9-5-7-11-17(15)26-18(20)21;/h4-11,18H,3,12-13H2,1-2H3,(H2,22,23,24);1H. The Balaban J connectivity index is 0.00000364. The van der Waals surface area contributed by atoms with Crippen LogP contribution in [0.25, 0.3) is 0 Å². The van der Waals surface area contributed by atoms with E-state index in [-0.39, 0.29) is 29.7 Å². The van der Waals surface area contributed by atoms with Crippen molar-refractivity contribution >= 4 is 29.9 Å². The van der Waals surface area contributed by atoms with Crippen molar-refractivity contribution in [3.63, 3.8) is 0 Å². The SMILES string of the molecule is CCNC(=NCc1ccccc1OC)NCc1ccccc1OC(F)F.I. The normalized spacial score (nSPS) is 10.9. The van der Waals surface area contributed by atoms with E-state index in [4.69, 9.17) is 4.74 Å². The first kappa shape index (κ1) is 22.9. The van der Waals surface area contributed by atoms with Crippen LogP contribution in [-0.2, 0) is 13.1 Å². The monoisotopic (exact) mass is 491 g/mol. The maximum absolute atomic E-state index is 12.5. The van der Waals surface area contributed by atoms with Gasteiger partial charge in [-0.1, -0.05) is 36.4 Å². The van der Waals surface area contributed by atoms with E-state index in [9.17, 15) is 8.78 Å². The maximum atomic E-state index is 12.5. The molecule has 0 aliphatic rings. The van der Waals surface area contributed by atoms with Gasteiger partial charge in [-0.25, -0.2) is 4.99 Å². The van der Waals surface area contributed by atoms with Crippen LogP contribution in [0.15, 0.2) is 53.5 Å². The summed E-state index contributed by atoms with van der Waals surface area (Å²) >= 11 is 0. The number of alkyl halides is 2. The van der Waals surface area contributed by atoms with Crippen LogP contribution in [0.4, 0.5) is 8.78 Å². The molecule has 0 bridgehead atoms. The van der Waals surface area contributed by atoms with Crippen LogP contribution in [0.3, 0.4) is 0 Å². The van der Waals surface area contributed by atoms with Crippen molar-refractivity contribution in [2.75, 3.05) is 13.7 Å². The lowest BCUT2D eigenvalue weighted by molar-refractivity contribution is -0.0504. The van der Waals surface area contributed by atoms with Crippen LogP contribution >= 0.6 is 24.0 Å². The Kier molecular flexibility index (Phi) is 10.5. The van der Waals surface area contributed by atoms with Crippen molar-refractivity contribution in [3.8, 4) is 11.5 Å². The van der Waals surface area contributed by atoms with Crippen molar-refractivity contribution in [3.05, 3.63) is 59.7 Å². The fourth-order valence-corrected chi connectivity index (χ4v) is 2.38. The van der Waals surface area contributed by atoms with Crippen LogP contribution in [0.1, 0.15) is 18.1 Å². The fraction of sp³-hybridized carbons (Fsp3) is 0.316. The topological polar surface area (TPSA) is 54.9 Å². The number of aliphatic imine (C=N–C) groups is 1. The van der Waals surface area contributed by atoms with Gasteiger partial charge in [-0.05, 0) is 19.1 Å². The first-order valence-corrected chi connectivity index (χ1v) is 8.30. The summed E-state index contributed by atoms with van der Waals surface area (Å²) in [6.07, 6.45) is 0. The second kappa shape index (κ2) is 12.3. The molecule has 0 fully saturated rings. The molecule has 8 heteroatoms. The Morgan fingerprint density at radius 2 is 1.63 bits per heavy atom. The van der Waals surface area contributed by atoms with Gasteiger partial charge in [0.15, 0.2) is 5.96 Å². The third-order valence-electron chi connectivity index (χ3n) is 3.58. The average molecular weight is 491 g/mol. The number of nitrogens with one attached hydrogen (secondary N) is 2. The molecule has 0 aromatic heterocycles. The molecule has 0 aliphatic carbocycles. The summed E-state index contributed by atoms with van der Waals surface area (Å²) in [5, 5.41) is 6.26. The third-order valence-corrected chi connectivity index (χ3v) is 3.58. The Morgan fingerprint density at radius 3 is 2.26 bits per heavy atom. The average Bonchev–Trinajstić information content (AvgIpc) is 2.65. The third kappa shape index (κ3) is 7.58. The molecule has 27 heavy (non-hydrogen) atoms. The van der Waals surface area contributed by atoms with Crippen LogP contribution in [-0.4, -0.2) is 26.2 Å². The van der Waals surface area contributed by atoms with Crippen LogP contribution in [0, 0.1) is 0 Å². The zero-order valence-corrected chi connectivity index (χ0v) is 17.6. The minimum Gasteiger partial charge on any atom is -0.496 e.